The Kier molecular flexibility index (Phi) is 7.01. The van der Waals surface area contributed by atoms with E-state index in [9.17, 15) is 0 Å². The first-order valence-electron chi connectivity index (χ1n) is 18.0. The predicted molar refractivity (Wildman–Crippen MR) is 220 cm³/mol. The van der Waals surface area contributed by atoms with Crippen LogP contribution >= 0.6 is 0 Å². The van der Waals surface area contributed by atoms with Crippen LogP contribution < -0.4 is 28.5 Å². The molecule has 0 atom stereocenters. The Morgan fingerprint density at radius 3 is 1.50 bits per heavy atom. The van der Waals surface area contributed by atoms with Gasteiger partial charge in [-0.2, -0.15) is 4.58 Å². The Balaban J connectivity index is 1.33. The number of allylic oxidation sites excluding steroid dienone is 10. The molecule has 6 bridgehead atoms. The Morgan fingerprint density at radius 1 is 0.519 bits per heavy atom. The molecule has 0 amide bonds. The molecule has 0 unspecified atom stereocenters. The number of nitrogen functional groups attached to an aromatic ring is 4. The van der Waals surface area contributed by atoms with E-state index >= 15 is 0 Å². The zero-order chi connectivity index (χ0) is 36.7. The Hall–Kier alpha value is -7.10. The van der Waals surface area contributed by atoms with Gasteiger partial charge in [-0.1, -0.05) is 60.7 Å². The molecule has 9 N–H and O–H groups in total. The van der Waals surface area contributed by atoms with Crippen LogP contribution in [-0.2, 0) is 0 Å². The van der Waals surface area contributed by atoms with Crippen LogP contribution in [0, 0.1) is 0 Å². The lowest BCUT2D eigenvalue weighted by Gasteiger charge is -2.37. The molecule has 9 nitrogen and oxygen atoms in total. The molecule has 0 aliphatic carbocycles. The number of nitrogens with one attached hydrogen (secondary N) is 1. The highest BCUT2D eigenvalue weighted by atomic mass is 15.8. The van der Waals surface area contributed by atoms with Crippen LogP contribution in [0.5, 0.6) is 0 Å². The largest absolute Gasteiger partial charge is 0.399 e. The van der Waals surface area contributed by atoms with Gasteiger partial charge >= 0.3 is 0 Å². The molecule has 54 heavy (non-hydrogen) atoms. The smallest absolute Gasteiger partial charge is 0.215 e. The van der Waals surface area contributed by atoms with Gasteiger partial charge in [-0.25, -0.2) is 4.99 Å². The summed E-state index contributed by atoms with van der Waals surface area (Å²) in [6, 6.07) is 32.5. The number of aliphatic imine (C=N–C) groups is 1. The van der Waals surface area contributed by atoms with Gasteiger partial charge in [0.1, 0.15) is 7.05 Å². The summed E-state index contributed by atoms with van der Waals surface area (Å²) in [5, 5.41) is 4.52. The number of hydrogen-bond donors (Lipinski definition) is 5. The van der Waals surface area contributed by atoms with Crippen molar-refractivity contribution in [3.05, 3.63) is 190 Å². The Morgan fingerprint density at radius 2 is 0.963 bits per heavy atom. The van der Waals surface area contributed by atoms with E-state index in [0.29, 0.717) is 35.6 Å². The third kappa shape index (κ3) is 4.90. The van der Waals surface area contributed by atoms with E-state index in [1.54, 1.807) is 0 Å². The monoisotopic (exact) mass is 704 g/mol. The van der Waals surface area contributed by atoms with Crippen molar-refractivity contribution in [1.29, 1.82) is 0 Å². The van der Waals surface area contributed by atoms with Crippen LogP contribution in [-0.4, -0.2) is 33.1 Å². The third-order valence-corrected chi connectivity index (χ3v) is 10.9. The van der Waals surface area contributed by atoms with Crippen molar-refractivity contribution in [2.45, 2.75) is 12.8 Å². The molecule has 9 heteroatoms. The van der Waals surface area contributed by atoms with Gasteiger partial charge < -0.3 is 22.9 Å². The summed E-state index contributed by atoms with van der Waals surface area (Å²) in [4.78, 5) is 5.43. The average Bonchev–Trinajstić information content (AvgIpc) is 3.98. The fraction of sp³-hybridized carbons (Fsp3) is 0.0667. The van der Waals surface area contributed by atoms with Gasteiger partial charge in [0.05, 0.1) is 45.3 Å². The predicted octanol–water partition coefficient (Wildman–Crippen LogP) is 7.25. The fourth-order valence-corrected chi connectivity index (χ4v) is 8.26. The summed E-state index contributed by atoms with van der Waals surface area (Å²) in [5.41, 5.74) is 48.3. The van der Waals surface area contributed by atoms with Gasteiger partial charge in [0.15, 0.2) is 0 Å². The van der Waals surface area contributed by atoms with Crippen LogP contribution in [0.3, 0.4) is 0 Å². The Labute approximate surface area is 313 Å². The maximum Gasteiger partial charge on any atom is 0.215 e. The zero-order valence-corrected chi connectivity index (χ0v) is 29.7. The molecule has 6 aliphatic rings. The molecule has 6 heterocycles. The molecule has 10 rings (SSSR count). The number of hydrazine groups is 2. The summed E-state index contributed by atoms with van der Waals surface area (Å²) < 4.78 is 2.31. The first-order valence-corrected chi connectivity index (χ1v) is 18.0. The van der Waals surface area contributed by atoms with E-state index < -0.39 is 0 Å². The van der Waals surface area contributed by atoms with Gasteiger partial charge in [0, 0.05) is 58.9 Å². The maximum absolute atomic E-state index is 6.26. The summed E-state index contributed by atoms with van der Waals surface area (Å²) in [6.07, 6.45) is 14.7. The van der Waals surface area contributed by atoms with Gasteiger partial charge in [-0.05, 0) is 82.9 Å². The lowest BCUT2D eigenvalue weighted by atomic mass is 9.97. The minimum absolute atomic E-state index is 0.658. The highest BCUT2D eigenvalue weighted by Crippen LogP contribution is 2.47. The summed E-state index contributed by atoms with van der Waals surface area (Å²) in [7, 11) is 2.16. The van der Waals surface area contributed by atoms with Crippen LogP contribution in [0.25, 0.3) is 22.3 Å². The van der Waals surface area contributed by atoms with Crippen LogP contribution in [0.15, 0.2) is 173 Å². The highest BCUT2D eigenvalue weighted by Gasteiger charge is 2.42. The molecule has 0 radical (unpaired) electrons. The molecule has 4 aromatic carbocycles. The first kappa shape index (κ1) is 31.6. The standard InChI is InChI=1S/C45H37N9/c1-52-36-20-21-37(52)45(29-8-16-33(49)17-9-29)41-25-23-39-43(27-4-12-31(47)13-5-27)35-19-18-34(50-35)42(26-2-10-30(46)11-3-26)38-22-24-40(53(38)51-54(39)41)44(36)28-6-14-32(48)15-7-28/h2-22,25,49,51H,23-24,47-48H2,1H3,(H2,46,50)/p+1/b43-39-,44-40-. The number of nitrogens with two attached hydrogens (primary N) is 4. The maximum atomic E-state index is 6.26. The van der Waals surface area contributed by atoms with Crippen LogP contribution in [0.2, 0.25) is 0 Å². The quantitative estimate of drug-likeness (QED) is 0.111. The van der Waals surface area contributed by atoms with Gasteiger partial charge in [0.25, 0.3) is 0 Å². The summed E-state index contributed by atoms with van der Waals surface area (Å²) in [6.45, 7) is 0. The minimum Gasteiger partial charge on any atom is -0.399 e. The first-order chi connectivity index (χ1) is 26.3. The topological polar surface area (TPSA) is 138 Å². The van der Waals surface area contributed by atoms with Gasteiger partial charge in [0.2, 0.25) is 11.4 Å². The SMILES string of the molecule is C[N+]1=C2C=C/C1=C(\c1ccc(N)cc1)C1=CC/C3=C(\c4ccc(N)cc4)C4=N/C(=C(/c5ccc(N)cc5)C5=CC/C(=C/2c2ccc(N)cc2)N5NN13)C=C4. The van der Waals surface area contributed by atoms with Crippen molar-refractivity contribution in [3.8, 4) is 0 Å². The Bertz CT molecular complexity index is 2620. The normalized spacial score (nSPS) is 24.0. The van der Waals surface area contributed by atoms with E-state index in [1.807, 2.05) is 48.5 Å². The molecule has 4 aromatic rings. The number of anilines is 4. The summed E-state index contributed by atoms with van der Waals surface area (Å²) in [5.74, 6) is 0. The molecule has 262 valence electrons. The number of nitrogens with zero attached hydrogens (tertiary/aromatic N) is 4. The van der Waals surface area contributed by atoms with Crippen molar-refractivity contribution in [2.24, 2.45) is 4.99 Å². The second-order valence-corrected chi connectivity index (χ2v) is 14.1. The van der Waals surface area contributed by atoms with E-state index in [2.05, 4.69) is 112 Å². The molecule has 0 aromatic heterocycles. The molecule has 0 fully saturated rings. The van der Waals surface area contributed by atoms with Crippen LogP contribution in [0.1, 0.15) is 35.1 Å². The molecule has 0 spiro atoms. The van der Waals surface area contributed by atoms with E-state index in [1.165, 1.54) is 0 Å². The molecular formula is C45H38N9+. The fourth-order valence-electron chi connectivity index (χ4n) is 8.26. The molecule has 0 saturated carbocycles. The highest BCUT2D eigenvalue weighted by molar-refractivity contribution is 6.32. The number of hydrogen-bond acceptors (Lipinski definition) is 8. The number of rotatable bonds is 4. The minimum atomic E-state index is 0.658. The van der Waals surface area contributed by atoms with E-state index in [-0.39, 0.29) is 0 Å². The molecule has 6 aliphatic heterocycles. The van der Waals surface area contributed by atoms with Crippen LogP contribution in [0.4, 0.5) is 22.7 Å². The van der Waals surface area contributed by atoms with Gasteiger partial charge in [-0.15, -0.1) is 5.53 Å². The number of benzene rings is 4. The van der Waals surface area contributed by atoms with Crippen molar-refractivity contribution in [3.63, 3.8) is 0 Å². The zero-order valence-electron chi connectivity index (χ0n) is 29.7. The second-order valence-electron chi connectivity index (χ2n) is 14.1. The molecule has 0 saturated heterocycles. The van der Waals surface area contributed by atoms with E-state index in [4.69, 9.17) is 27.9 Å². The van der Waals surface area contributed by atoms with E-state index in [0.717, 1.165) is 90.2 Å². The molecular weight excluding hydrogens is 667 g/mol. The van der Waals surface area contributed by atoms with Gasteiger partial charge in [-0.3, -0.25) is 10.0 Å². The van der Waals surface area contributed by atoms with Crippen molar-refractivity contribution < 1.29 is 4.58 Å². The van der Waals surface area contributed by atoms with Crippen molar-refractivity contribution in [1.82, 2.24) is 15.6 Å². The number of likely N-dealkylation sites (N-methyl/N-ethyl adjacent to an activating group) is 1. The lowest BCUT2D eigenvalue weighted by Crippen LogP contribution is -2.47. The van der Waals surface area contributed by atoms with Crippen molar-refractivity contribution in [2.75, 3.05) is 30.0 Å². The second kappa shape index (κ2) is 12.0. The lowest BCUT2D eigenvalue weighted by molar-refractivity contribution is -0.431. The average molecular weight is 705 g/mol. The van der Waals surface area contributed by atoms with Crippen molar-refractivity contribution >= 4 is 56.5 Å². The third-order valence-electron chi connectivity index (χ3n) is 10.9. The summed E-state index contributed by atoms with van der Waals surface area (Å²) >= 11 is 0. The number of fused-ring (bicyclic) bond motifs is 2.